The van der Waals surface area contributed by atoms with Crippen LogP contribution in [-0.2, 0) is 26.1 Å². The Morgan fingerprint density at radius 2 is 1.92 bits per heavy atom. The predicted molar refractivity (Wildman–Crippen MR) is 134 cm³/mol. The molecule has 1 aromatic carbocycles. The zero-order valence-electron chi connectivity index (χ0n) is 20.9. The van der Waals surface area contributed by atoms with Crippen molar-refractivity contribution in [1.82, 2.24) is 24.9 Å². The van der Waals surface area contributed by atoms with E-state index >= 15 is 0 Å². The van der Waals surface area contributed by atoms with Crippen molar-refractivity contribution in [3.63, 3.8) is 0 Å². The number of likely N-dealkylation sites (tertiary alicyclic amines) is 1. The van der Waals surface area contributed by atoms with Gasteiger partial charge in [0.05, 0.1) is 62.9 Å². The Labute approximate surface area is 210 Å². The number of methoxy groups -OCH3 is 1. The first-order chi connectivity index (χ1) is 17.6. The normalized spacial score (nSPS) is 15.9. The predicted octanol–water partition coefficient (Wildman–Crippen LogP) is 2.67. The molecule has 194 valence electrons. The number of piperidine rings is 1. The molecule has 3 aromatic rings. The first-order valence-corrected chi connectivity index (χ1v) is 12.3. The molecule has 0 bridgehead atoms. The average molecular weight is 499 g/mol. The van der Waals surface area contributed by atoms with Crippen molar-refractivity contribution in [3.05, 3.63) is 41.7 Å². The Kier molecular flexibility index (Phi) is 9.04. The molecular weight excluding hydrogens is 464 g/mol. The molecule has 36 heavy (non-hydrogen) atoms. The van der Waals surface area contributed by atoms with E-state index in [1.807, 2.05) is 24.1 Å². The molecule has 3 heterocycles. The first-order valence-electron chi connectivity index (χ1n) is 12.3. The smallest absolute Gasteiger partial charge is 0.256 e. The maximum atomic E-state index is 12.9. The molecule has 11 heteroatoms. The number of nitrogens with one attached hydrogen (secondary N) is 2. The number of carbonyl (C=O) groups is 2. The summed E-state index contributed by atoms with van der Waals surface area (Å²) >= 11 is 0. The summed E-state index contributed by atoms with van der Waals surface area (Å²) in [5.74, 6) is 0.222. The van der Waals surface area contributed by atoms with E-state index in [0.29, 0.717) is 57.4 Å². The molecule has 1 aliphatic heterocycles. The number of amides is 2. The number of nitrogens with zero attached hydrogens (tertiary/aromatic N) is 4. The SMILES string of the molecule is COCCOCCOCCC(=O)N1CCCC[C@H]1c1cc(NC(=O)c2ccc3c(cnn3C)c2)n[nH]1. The highest BCUT2D eigenvalue weighted by Crippen LogP contribution is 2.31. The molecule has 2 amide bonds. The van der Waals surface area contributed by atoms with Gasteiger partial charge in [0.15, 0.2) is 5.82 Å². The van der Waals surface area contributed by atoms with Gasteiger partial charge in [-0.2, -0.15) is 10.2 Å². The third kappa shape index (κ3) is 6.48. The number of carbonyl (C=O) groups excluding carboxylic acids is 2. The topological polar surface area (TPSA) is 124 Å². The highest BCUT2D eigenvalue weighted by Gasteiger charge is 2.29. The van der Waals surface area contributed by atoms with Crippen LogP contribution < -0.4 is 5.32 Å². The molecule has 0 spiro atoms. The monoisotopic (exact) mass is 498 g/mol. The molecule has 0 aliphatic carbocycles. The fourth-order valence-corrected chi connectivity index (χ4v) is 4.39. The summed E-state index contributed by atoms with van der Waals surface area (Å²) in [6, 6.07) is 7.15. The molecule has 2 N–H and O–H groups in total. The van der Waals surface area contributed by atoms with Gasteiger partial charge in [0.25, 0.3) is 5.91 Å². The lowest BCUT2D eigenvalue weighted by Crippen LogP contribution is -2.39. The van der Waals surface area contributed by atoms with E-state index in [2.05, 4.69) is 20.6 Å². The van der Waals surface area contributed by atoms with E-state index in [1.165, 1.54) is 0 Å². The summed E-state index contributed by atoms with van der Waals surface area (Å²) in [7, 11) is 3.49. The van der Waals surface area contributed by atoms with Gasteiger partial charge in [-0.25, -0.2) is 0 Å². The van der Waals surface area contributed by atoms with Crippen LogP contribution in [0.5, 0.6) is 0 Å². The Balaban J connectivity index is 1.30. The van der Waals surface area contributed by atoms with Crippen LogP contribution in [0, 0.1) is 0 Å². The van der Waals surface area contributed by atoms with Gasteiger partial charge >= 0.3 is 0 Å². The van der Waals surface area contributed by atoms with Crippen LogP contribution in [0.2, 0.25) is 0 Å². The first kappa shape index (κ1) is 25.8. The molecule has 0 radical (unpaired) electrons. The second-order valence-electron chi connectivity index (χ2n) is 8.77. The summed E-state index contributed by atoms with van der Waals surface area (Å²) in [5, 5.41) is 15.3. The molecule has 2 aromatic heterocycles. The van der Waals surface area contributed by atoms with Gasteiger partial charge in [-0.3, -0.25) is 19.4 Å². The van der Waals surface area contributed by atoms with Crippen molar-refractivity contribution < 1.29 is 23.8 Å². The Hall–Kier alpha value is -3.28. The third-order valence-electron chi connectivity index (χ3n) is 6.29. The summed E-state index contributed by atoms with van der Waals surface area (Å²) in [5.41, 5.74) is 2.30. The van der Waals surface area contributed by atoms with Gasteiger partial charge in [0.1, 0.15) is 0 Å². The van der Waals surface area contributed by atoms with Crippen molar-refractivity contribution in [2.75, 3.05) is 52.0 Å². The number of aryl methyl sites for hydroxylation is 1. The number of aromatic amines is 1. The van der Waals surface area contributed by atoms with E-state index in [-0.39, 0.29) is 17.9 Å². The number of H-pyrrole nitrogens is 1. The van der Waals surface area contributed by atoms with Gasteiger partial charge in [-0.15, -0.1) is 0 Å². The highest BCUT2D eigenvalue weighted by molar-refractivity contribution is 6.05. The molecule has 0 saturated carbocycles. The van der Waals surface area contributed by atoms with E-state index in [4.69, 9.17) is 14.2 Å². The highest BCUT2D eigenvalue weighted by atomic mass is 16.5. The standard InChI is InChI=1S/C25H34N6O5/c1-30-21-7-6-18(15-19(21)17-26-30)25(33)27-23-16-20(28-29-23)22-5-3-4-9-31(22)24(32)8-10-35-13-14-36-12-11-34-2/h6-7,15-17,22H,3-5,8-14H2,1-2H3,(H2,27,28,29,33)/t22-/m0/s1. The zero-order chi connectivity index (χ0) is 25.3. The van der Waals surface area contributed by atoms with Crippen LogP contribution >= 0.6 is 0 Å². The number of fused-ring (bicyclic) bond motifs is 1. The number of anilines is 1. The van der Waals surface area contributed by atoms with Crippen molar-refractivity contribution in [2.24, 2.45) is 7.05 Å². The second kappa shape index (κ2) is 12.6. The number of benzene rings is 1. The number of ether oxygens (including phenoxy) is 3. The number of hydrogen-bond donors (Lipinski definition) is 2. The molecule has 1 saturated heterocycles. The molecular formula is C25H34N6O5. The van der Waals surface area contributed by atoms with E-state index in [1.54, 1.807) is 30.1 Å². The molecule has 11 nitrogen and oxygen atoms in total. The van der Waals surface area contributed by atoms with Gasteiger partial charge in [-0.05, 0) is 37.5 Å². The quantitative estimate of drug-likeness (QED) is 0.368. The van der Waals surface area contributed by atoms with Crippen molar-refractivity contribution >= 4 is 28.5 Å². The minimum atomic E-state index is -0.251. The molecule has 1 aliphatic rings. The number of hydrogen-bond acceptors (Lipinski definition) is 7. The molecule has 1 atom stereocenters. The maximum absolute atomic E-state index is 12.9. The maximum Gasteiger partial charge on any atom is 0.256 e. The average Bonchev–Trinajstić information content (AvgIpc) is 3.51. The summed E-state index contributed by atoms with van der Waals surface area (Å²) in [6.45, 7) is 3.03. The van der Waals surface area contributed by atoms with Crippen LogP contribution in [0.15, 0.2) is 30.5 Å². The summed E-state index contributed by atoms with van der Waals surface area (Å²) in [4.78, 5) is 27.6. The second-order valence-corrected chi connectivity index (χ2v) is 8.77. The van der Waals surface area contributed by atoms with Crippen molar-refractivity contribution in [3.8, 4) is 0 Å². The van der Waals surface area contributed by atoms with E-state index in [0.717, 1.165) is 35.9 Å². The number of rotatable bonds is 12. The van der Waals surface area contributed by atoms with Gasteiger partial charge < -0.3 is 24.4 Å². The zero-order valence-corrected chi connectivity index (χ0v) is 20.9. The van der Waals surface area contributed by atoms with E-state index in [9.17, 15) is 9.59 Å². The van der Waals surface area contributed by atoms with Gasteiger partial charge in [-0.1, -0.05) is 0 Å². The van der Waals surface area contributed by atoms with Gasteiger partial charge in [0, 0.05) is 37.7 Å². The molecule has 0 unspecified atom stereocenters. The molecule has 4 rings (SSSR count). The van der Waals surface area contributed by atoms with E-state index < -0.39 is 0 Å². The lowest BCUT2D eigenvalue weighted by atomic mass is 9.99. The fraction of sp³-hybridized carbons (Fsp3) is 0.520. The van der Waals surface area contributed by atoms with Crippen molar-refractivity contribution in [2.45, 2.75) is 31.7 Å². The van der Waals surface area contributed by atoms with Crippen LogP contribution in [0.3, 0.4) is 0 Å². The number of aromatic nitrogens is 4. The summed E-state index contributed by atoms with van der Waals surface area (Å²) in [6.07, 6.45) is 4.87. The Morgan fingerprint density at radius 1 is 1.11 bits per heavy atom. The van der Waals surface area contributed by atoms with Crippen LogP contribution in [0.4, 0.5) is 5.82 Å². The summed E-state index contributed by atoms with van der Waals surface area (Å²) < 4.78 is 17.6. The Morgan fingerprint density at radius 3 is 2.75 bits per heavy atom. The van der Waals surface area contributed by atoms with Crippen LogP contribution in [0.25, 0.3) is 10.9 Å². The lowest BCUT2D eigenvalue weighted by Gasteiger charge is -2.35. The minimum Gasteiger partial charge on any atom is -0.382 e. The van der Waals surface area contributed by atoms with Crippen LogP contribution in [0.1, 0.15) is 47.8 Å². The Bertz CT molecular complexity index is 1160. The minimum absolute atomic E-state index is 0.0463. The lowest BCUT2D eigenvalue weighted by molar-refractivity contribution is -0.136. The van der Waals surface area contributed by atoms with Crippen molar-refractivity contribution in [1.29, 1.82) is 0 Å². The van der Waals surface area contributed by atoms with Crippen LogP contribution in [-0.4, -0.2) is 83.4 Å². The fourth-order valence-electron chi connectivity index (χ4n) is 4.39. The van der Waals surface area contributed by atoms with Gasteiger partial charge in [0.2, 0.25) is 5.91 Å². The third-order valence-corrected chi connectivity index (χ3v) is 6.29. The largest absolute Gasteiger partial charge is 0.382 e. The molecule has 1 fully saturated rings.